The average molecular weight is 216 g/mol. The van der Waals surface area contributed by atoms with Crippen molar-refractivity contribution in [1.82, 2.24) is 5.48 Å². The number of ether oxygens (including phenoxy) is 1. The molecule has 3 nitrogen and oxygen atoms in total. The molecule has 2 N–H and O–H groups in total. The first-order valence-electron chi connectivity index (χ1n) is 4.31. The minimum atomic E-state index is 0.321. The maximum absolute atomic E-state index is 8.65. The van der Waals surface area contributed by atoms with Crippen LogP contribution >= 0.6 is 11.6 Å². The zero-order valence-corrected chi connectivity index (χ0v) is 9.27. The summed E-state index contributed by atoms with van der Waals surface area (Å²) in [6.07, 6.45) is 0. The van der Waals surface area contributed by atoms with Crippen molar-refractivity contribution in [2.24, 2.45) is 0 Å². The Morgan fingerprint density at radius 2 is 2.14 bits per heavy atom. The molecule has 0 heterocycles. The Morgan fingerprint density at radius 1 is 1.50 bits per heavy atom. The topological polar surface area (TPSA) is 41.5 Å². The van der Waals surface area contributed by atoms with E-state index in [9.17, 15) is 0 Å². The summed E-state index contributed by atoms with van der Waals surface area (Å²) in [6, 6.07) is 1.83. The molecule has 4 heteroatoms. The van der Waals surface area contributed by atoms with Crippen LogP contribution in [0.4, 0.5) is 0 Å². The highest BCUT2D eigenvalue weighted by Gasteiger charge is 2.11. The second-order valence-electron chi connectivity index (χ2n) is 3.15. The average Bonchev–Trinajstić information content (AvgIpc) is 2.12. The van der Waals surface area contributed by atoms with Crippen LogP contribution in [-0.4, -0.2) is 12.3 Å². The SMILES string of the molecule is COc1c(C)cc(Cl)c(CNO)c1C. The Morgan fingerprint density at radius 3 is 2.64 bits per heavy atom. The van der Waals surface area contributed by atoms with E-state index in [2.05, 4.69) is 5.48 Å². The predicted octanol–water partition coefficient (Wildman–Crippen LogP) is 2.44. The number of nitrogens with one attached hydrogen (secondary N) is 1. The van der Waals surface area contributed by atoms with Crippen LogP contribution in [0.2, 0.25) is 5.02 Å². The Labute approximate surface area is 88.6 Å². The van der Waals surface area contributed by atoms with E-state index in [0.717, 1.165) is 22.4 Å². The molecule has 0 saturated heterocycles. The molecule has 0 radical (unpaired) electrons. The van der Waals surface area contributed by atoms with Gasteiger partial charge in [0, 0.05) is 11.6 Å². The van der Waals surface area contributed by atoms with Gasteiger partial charge in [0.1, 0.15) is 5.75 Å². The summed E-state index contributed by atoms with van der Waals surface area (Å²) >= 11 is 6.04. The molecule has 0 unspecified atom stereocenters. The lowest BCUT2D eigenvalue weighted by atomic mass is 10.0. The number of rotatable bonds is 3. The summed E-state index contributed by atoms with van der Waals surface area (Å²) in [5, 5.41) is 9.29. The van der Waals surface area contributed by atoms with Crippen LogP contribution in [0.1, 0.15) is 16.7 Å². The third-order valence-corrected chi connectivity index (χ3v) is 2.58. The highest BCUT2D eigenvalue weighted by Crippen LogP contribution is 2.31. The quantitative estimate of drug-likeness (QED) is 0.762. The van der Waals surface area contributed by atoms with Gasteiger partial charge in [-0.05, 0) is 36.6 Å². The highest BCUT2D eigenvalue weighted by molar-refractivity contribution is 6.31. The summed E-state index contributed by atoms with van der Waals surface area (Å²) in [6.45, 7) is 4.18. The smallest absolute Gasteiger partial charge is 0.125 e. The van der Waals surface area contributed by atoms with Crippen LogP contribution in [0.3, 0.4) is 0 Å². The van der Waals surface area contributed by atoms with Crippen molar-refractivity contribution < 1.29 is 9.94 Å². The van der Waals surface area contributed by atoms with Crippen molar-refractivity contribution in [3.05, 3.63) is 27.8 Å². The molecule has 0 aromatic heterocycles. The Bertz CT molecular complexity index is 339. The fraction of sp³-hybridized carbons (Fsp3) is 0.400. The fourth-order valence-corrected chi connectivity index (χ4v) is 1.94. The molecule has 0 spiro atoms. The number of aryl methyl sites for hydroxylation is 1. The Kier molecular flexibility index (Phi) is 3.75. The van der Waals surface area contributed by atoms with Gasteiger partial charge in [0.25, 0.3) is 0 Å². The molecule has 0 saturated carbocycles. The number of hydrogen-bond donors (Lipinski definition) is 2. The highest BCUT2D eigenvalue weighted by atomic mass is 35.5. The molecule has 0 fully saturated rings. The van der Waals surface area contributed by atoms with Crippen molar-refractivity contribution in [1.29, 1.82) is 0 Å². The summed E-state index contributed by atoms with van der Waals surface area (Å²) in [5.41, 5.74) is 4.91. The molecule has 0 amide bonds. The monoisotopic (exact) mass is 215 g/mol. The van der Waals surface area contributed by atoms with E-state index < -0.39 is 0 Å². The third-order valence-electron chi connectivity index (χ3n) is 2.24. The van der Waals surface area contributed by atoms with Gasteiger partial charge in [-0.3, -0.25) is 0 Å². The first-order valence-corrected chi connectivity index (χ1v) is 4.69. The minimum Gasteiger partial charge on any atom is -0.496 e. The van der Waals surface area contributed by atoms with Crippen molar-refractivity contribution in [2.75, 3.05) is 7.11 Å². The van der Waals surface area contributed by atoms with Crippen LogP contribution in [0, 0.1) is 13.8 Å². The summed E-state index contributed by atoms with van der Waals surface area (Å²) in [5.74, 6) is 0.819. The summed E-state index contributed by atoms with van der Waals surface area (Å²) < 4.78 is 5.25. The van der Waals surface area contributed by atoms with Gasteiger partial charge in [0.15, 0.2) is 0 Å². The number of hydroxylamine groups is 1. The Hall–Kier alpha value is -0.770. The standard InChI is InChI=1S/C10H14ClNO2/c1-6-4-9(11)8(5-12-13)7(2)10(6)14-3/h4,12-13H,5H2,1-3H3. The van der Waals surface area contributed by atoms with E-state index in [0.29, 0.717) is 11.6 Å². The van der Waals surface area contributed by atoms with Gasteiger partial charge in [-0.25, -0.2) is 5.48 Å². The van der Waals surface area contributed by atoms with Crippen molar-refractivity contribution in [3.63, 3.8) is 0 Å². The van der Waals surface area contributed by atoms with Crippen LogP contribution < -0.4 is 10.2 Å². The molecule has 0 aliphatic heterocycles. The molecule has 0 atom stereocenters. The van der Waals surface area contributed by atoms with E-state index in [1.165, 1.54) is 0 Å². The molecule has 1 aromatic rings. The maximum atomic E-state index is 8.65. The molecule has 1 aromatic carbocycles. The molecular weight excluding hydrogens is 202 g/mol. The summed E-state index contributed by atoms with van der Waals surface area (Å²) in [4.78, 5) is 0. The van der Waals surface area contributed by atoms with E-state index in [1.54, 1.807) is 7.11 Å². The normalized spacial score (nSPS) is 10.4. The lowest BCUT2D eigenvalue weighted by Crippen LogP contribution is -2.09. The van der Waals surface area contributed by atoms with Gasteiger partial charge < -0.3 is 9.94 Å². The first-order chi connectivity index (χ1) is 6.61. The second kappa shape index (κ2) is 4.64. The molecule has 0 bridgehead atoms. The lowest BCUT2D eigenvalue weighted by Gasteiger charge is -2.14. The van der Waals surface area contributed by atoms with E-state index in [1.807, 2.05) is 19.9 Å². The molecule has 0 aliphatic carbocycles. The van der Waals surface area contributed by atoms with E-state index in [-0.39, 0.29) is 0 Å². The number of hydrogen-bond acceptors (Lipinski definition) is 3. The van der Waals surface area contributed by atoms with E-state index >= 15 is 0 Å². The molecule has 0 aliphatic rings. The van der Waals surface area contributed by atoms with Crippen molar-refractivity contribution in [2.45, 2.75) is 20.4 Å². The van der Waals surface area contributed by atoms with Gasteiger partial charge in [-0.15, -0.1) is 0 Å². The Balaban J connectivity index is 3.28. The van der Waals surface area contributed by atoms with E-state index in [4.69, 9.17) is 21.5 Å². The van der Waals surface area contributed by atoms with Crippen LogP contribution in [0.25, 0.3) is 0 Å². The third kappa shape index (κ3) is 2.00. The van der Waals surface area contributed by atoms with Crippen LogP contribution in [0.15, 0.2) is 6.07 Å². The largest absolute Gasteiger partial charge is 0.496 e. The maximum Gasteiger partial charge on any atom is 0.125 e. The summed E-state index contributed by atoms with van der Waals surface area (Å²) in [7, 11) is 1.62. The van der Waals surface area contributed by atoms with Gasteiger partial charge >= 0.3 is 0 Å². The number of benzene rings is 1. The second-order valence-corrected chi connectivity index (χ2v) is 3.55. The zero-order valence-electron chi connectivity index (χ0n) is 8.52. The van der Waals surface area contributed by atoms with Crippen LogP contribution in [-0.2, 0) is 6.54 Å². The first kappa shape index (κ1) is 11.3. The number of halogens is 1. The van der Waals surface area contributed by atoms with Gasteiger partial charge in [-0.1, -0.05) is 11.6 Å². The predicted molar refractivity (Wildman–Crippen MR) is 56.1 cm³/mol. The van der Waals surface area contributed by atoms with Gasteiger partial charge in [0.2, 0.25) is 0 Å². The molecule has 78 valence electrons. The van der Waals surface area contributed by atoms with Crippen molar-refractivity contribution in [3.8, 4) is 5.75 Å². The fourth-order valence-electron chi connectivity index (χ4n) is 1.56. The zero-order chi connectivity index (χ0) is 10.7. The van der Waals surface area contributed by atoms with Gasteiger partial charge in [-0.2, -0.15) is 0 Å². The lowest BCUT2D eigenvalue weighted by molar-refractivity contribution is 0.161. The molecule has 14 heavy (non-hydrogen) atoms. The van der Waals surface area contributed by atoms with Gasteiger partial charge in [0.05, 0.1) is 7.11 Å². The number of methoxy groups -OCH3 is 1. The van der Waals surface area contributed by atoms with Crippen molar-refractivity contribution >= 4 is 11.6 Å². The minimum absolute atomic E-state index is 0.321. The van der Waals surface area contributed by atoms with Crippen LogP contribution in [0.5, 0.6) is 5.75 Å². The molecular formula is C10H14ClNO2. The molecule has 1 rings (SSSR count).